The van der Waals surface area contributed by atoms with Crippen molar-refractivity contribution in [2.45, 2.75) is 0 Å². The molecule has 250 valence electrons. The summed E-state index contributed by atoms with van der Waals surface area (Å²) >= 11 is 3.83. The van der Waals surface area contributed by atoms with Gasteiger partial charge in [0.25, 0.3) is 0 Å². The summed E-state index contributed by atoms with van der Waals surface area (Å²) in [6.07, 6.45) is 0. The first-order chi connectivity index (χ1) is 26.8. The zero-order valence-electron chi connectivity index (χ0n) is 29.1. The van der Waals surface area contributed by atoms with Crippen molar-refractivity contribution in [3.8, 4) is 33.4 Å². The number of benzene rings is 10. The predicted molar refractivity (Wildman–Crippen MR) is 239 cm³/mol. The Balaban J connectivity index is 1.08. The van der Waals surface area contributed by atoms with Crippen LogP contribution in [0.2, 0.25) is 0 Å². The van der Waals surface area contributed by atoms with E-state index in [0.717, 1.165) is 0 Å². The van der Waals surface area contributed by atoms with Gasteiger partial charge in [0.2, 0.25) is 0 Å². The van der Waals surface area contributed by atoms with Crippen LogP contribution in [0.3, 0.4) is 0 Å². The molecule has 0 bridgehead atoms. The van der Waals surface area contributed by atoms with E-state index in [1.165, 1.54) is 117 Å². The van der Waals surface area contributed by atoms with Crippen LogP contribution in [-0.4, -0.2) is 0 Å². The van der Waals surface area contributed by atoms with Crippen LogP contribution in [0.1, 0.15) is 0 Å². The summed E-state index contributed by atoms with van der Waals surface area (Å²) < 4.78 is 5.41. The second kappa shape index (κ2) is 11.6. The van der Waals surface area contributed by atoms with Crippen LogP contribution in [0.15, 0.2) is 182 Å². The highest BCUT2D eigenvalue weighted by molar-refractivity contribution is 7.28. The normalized spacial score (nSPS) is 12.1. The van der Waals surface area contributed by atoms with Crippen molar-refractivity contribution in [3.05, 3.63) is 182 Å². The van der Waals surface area contributed by atoms with Crippen molar-refractivity contribution in [2.75, 3.05) is 0 Å². The number of hydrogen-bond acceptors (Lipinski definition) is 2. The van der Waals surface area contributed by atoms with E-state index in [1.54, 1.807) is 0 Å². The van der Waals surface area contributed by atoms with Crippen molar-refractivity contribution in [2.24, 2.45) is 0 Å². The maximum atomic E-state index is 2.44. The lowest BCUT2D eigenvalue weighted by Crippen LogP contribution is -1.92. The molecule has 2 heterocycles. The van der Waals surface area contributed by atoms with Gasteiger partial charge in [-0.05, 0) is 107 Å². The molecule has 0 nitrogen and oxygen atoms in total. The average molecular weight is 719 g/mol. The summed E-state index contributed by atoms with van der Waals surface area (Å²) in [7, 11) is 0. The Bertz CT molecular complexity index is 3440. The van der Waals surface area contributed by atoms with E-state index in [2.05, 4.69) is 182 Å². The minimum Gasteiger partial charge on any atom is -0.135 e. The lowest BCUT2D eigenvalue weighted by Gasteiger charge is -2.19. The number of thiophene rings is 2. The summed E-state index contributed by atoms with van der Waals surface area (Å²) in [5.41, 5.74) is 7.57. The Hall–Kier alpha value is -6.32. The van der Waals surface area contributed by atoms with Crippen LogP contribution in [0.5, 0.6) is 0 Å². The first-order valence-corrected chi connectivity index (χ1v) is 20.1. The molecule has 0 radical (unpaired) electrons. The fraction of sp³-hybridized carbons (Fsp3) is 0. The second-order valence-corrected chi connectivity index (χ2v) is 16.5. The lowest BCUT2D eigenvalue weighted by atomic mass is 9.84. The van der Waals surface area contributed by atoms with Crippen LogP contribution in [0.25, 0.3) is 117 Å². The van der Waals surface area contributed by atoms with Gasteiger partial charge in [0, 0.05) is 40.3 Å². The second-order valence-electron chi connectivity index (χ2n) is 14.3. The Morgan fingerprint density at radius 3 is 1.57 bits per heavy atom. The van der Waals surface area contributed by atoms with E-state index in [-0.39, 0.29) is 0 Å². The van der Waals surface area contributed by atoms with Crippen LogP contribution >= 0.6 is 22.7 Å². The zero-order valence-corrected chi connectivity index (χ0v) is 30.8. The molecule has 12 rings (SSSR count). The third-order valence-corrected chi connectivity index (χ3v) is 13.8. The topological polar surface area (TPSA) is 0 Å². The SMILES string of the molecule is c1cc(-c2ccc3sc4ccc5sc6c7ccccc7ccc6c5c4c3c2)cc(-c2c3ccccc3c(-c3cccc4ccccc34)c3ccccc23)c1. The first-order valence-electron chi connectivity index (χ1n) is 18.5. The van der Waals surface area contributed by atoms with E-state index in [0.29, 0.717) is 0 Å². The van der Waals surface area contributed by atoms with Gasteiger partial charge in [-0.3, -0.25) is 0 Å². The first kappa shape index (κ1) is 30.2. The standard InChI is InChI=1S/C52H30S2/c1-3-16-36-31(11-1)13-10-22-38(36)49-41-20-7-5-18-39(41)48(40-19-6-8-21-42(40)49)35-15-9-14-33(29-35)34-24-26-45-44(30-34)51-46(53-45)27-28-47-50(51)43-25-23-32-12-2-4-17-37(32)52(43)54-47/h1-30H. The molecule has 0 fully saturated rings. The summed E-state index contributed by atoms with van der Waals surface area (Å²) in [4.78, 5) is 0. The molecule has 10 aromatic carbocycles. The molecule has 0 aliphatic rings. The number of rotatable bonds is 3. The fourth-order valence-electron chi connectivity index (χ4n) is 9.07. The molecule has 0 aliphatic carbocycles. The molecule has 2 aromatic heterocycles. The highest BCUT2D eigenvalue weighted by Crippen LogP contribution is 2.48. The van der Waals surface area contributed by atoms with Crippen LogP contribution in [0.4, 0.5) is 0 Å². The average Bonchev–Trinajstić information content (AvgIpc) is 3.81. The summed E-state index contributed by atoms with van der Waals surface area (Å²) in [5.74, 6) is 0. The van der Waals surface area contributed by atoms with Gasteiger partial charge in [0.1, 0.15) is 0 Å². The maximum absolute atomic E-state index is 2.44. The van der Waals surface area contributed by atoms with Crippen molar-refractivity contribution in [3.63, 3.8) is 0 Å². The monoisotopic (exact) mass is 718 g/mol. The molecule has 12 aromatic rings. The molecule has 0 amide bonds. The van der Waals surface area contributed by atoms with Gasteiger partial charge in [0.15, 0.2) is 0 Å². The van der Waals surface area contributed by atoms with Gasteiger partial charge in [-0.2, -0.15) is 0 Å². The minimum atomic E-state index is 1.23. The van der Waals surface area contributed by atoms with Gasteiger partial charge >= 0.3 is 0 Å². The van der Waals surface area contributed by atoms with E-state index < -0.39 is 0 Å². The molecular formula is C52H30S2. The molecule has 0 aliphatic heterocycles. The maximum Gasteiger partial charge on any atom is 0.0434 e. The van der Waals surface area contributed by atoms with Crippen LogP contribution in [0, 0.1) is 0 Å². The van der Waals surface area contributed by atoms with E-state index in [1.807, 2.05) is 22.7 Å². The third-order valence-electron chi connectivity index (χ3n) is 11.4. The smallest absolute Gasteiger partial charge is 0.0434 e. The fourth-order valence-corrected chi connectivity index (χ4v) is 11.4. The molecule has 0 atom stereocenters. The lowest BCUT2D eigenvalue weighted by molar-refractivity contribution is 1.63. The molecule has 0 unspecified atom stereocenters. The molecule has 2 heteroatoms. The quantitative estimate of drug-likeness (QED) is 0.160. The van der Waals surface area contributed by atoms with E-state index >= 15 is 0 Å². The predicted octanol–water partition coefficient (Wildman–Crippen LogP) is 16.0. The Labute approximate surface area is 319 Å². The van der Waals surface area contributed by atoms with Crippen molar-refractivity contribution in [1.29, 1.82) is 0 Å². The summed E-state index contributed by atoms with van der Waals surface area (Å²) in [6, 6.07) is 67.8. The van der Waals surface area contributed by atoms with Crippen molar-refractivity contribution < 1.29 is 0 Å². The van der Waals surface area contributed by atoms with Gasteiger partial charge in [-0.15, -0.1) is 22.7 Å². The van der Waals surface area contributed by atoms with Gasteiger partial charge in [-0.1, -0.05) is 152 Å². The van der Waals surface area contributed by atoms with Crippen LogP contribution in [-0.2, 0) is 0 Å². The Morgan fingerprint density at radius 2 is 0.815 bits per heavy atom. The molecule has 0 saturated heterocycles. The van der Waals surface area contributed by atoms with Crippen LogP contribution < -0.4 is 0 Å². The van der Waals surface area contributed by atoms with E-state index in [4.69, 9.17) is 0 Å². The zero-order chi connectivity index (χ0) is 35.3. The molecule has 0 spiro atoms. The number of hydrogen-bond donors (Lipinski definition) is 0. The highest BCUT2D eigenvalue weighted by Gasteiger charge is 2.19. The van der Waals surface area contributed by atoms with Crippen molar-refractivity contribution in [1.82, 2.24) is 0 Å². The molecule has 0 saturated carbocycles. The Morgan fingerprint density at radius 1 is 0.278 bits per heavy atom. The largest absolute Gasteiger partial charge is 0.135 e. The summed E-state index contributed by atoms with van der Waals surface area (Å²) in [5, 5.41) is 15.7. The van der Waals surface area contributed by atoms with Gasteiger partial charge in [0.05, 0.1) is 0 Å². The summed E-state index contributed by atoms with van der Waals surface area (Å²) in [6.45, 7) is 0. The van der Waals surface area contributed by atoms with Gasteiger partial charge < -0.3 is 0 Å². The van der Waals surface area contributed by atoms with Crippen molar-refractivity contribution >= 4 is 106 Å². The highest BCUT2D eigenvalue weighted by atomic mass is 32.1. The molecular weight excluding hydrogens is 689 g/mol. The van der Waals surface area contributed by atoms with E-state index in [9.17, 15) is 0 Å². The Kier molecular flexibility index (Phi) is 6.48. The number of fused-ring (bicyclic) bond motifs is 12. The van der Waals surface area contributed by atoms with Gasteiger partial charge in [-0.25, -0.2) is 0 Å². The molecule has 54 heavy (non-hydrogen) atoms. The molecule has 0 N–H and O–H groups in total. The third kappa shape index (κ3) is 4.36. The minimum absolute atomic E-state index is 1.23.